The van der Waals surface area contributed by atoms with Crippen LogP contribution in [0, 0.1) is 12.3 Å². The maximum Gasteiger partial charge on any atom is 0.234 e. The lowest BCUT2D eigenvalue weighted by Gasteiger charge is -2.07. The second kappa shape index (κ2) is 7.90. The summed E-state index contributed by atoms with van der Waals surface area (Å²) >= 11 is 0. The minimum absolute atomic E-state index is 0.110. The molecule has 0 aliphatic carbocycles. The fourth-order valence-corrected chi connectivity index (χ4v) is 1.42. The lowest BCUT2D eigenvalue weighted by atomic mass is 10.2. The summed E-state index contributed by atoms with van der Waals surface area (Å²) in [4.78, 5) is 22.3. The van der Waals surface area contributed by atoms with Crippen molar-refractivity contribution in [3.05, 3.63) is 29.8 Å². The van der Waals surface area contributed by atoms with Crippen LogP contribution in [0.4, 0.5) is 5.69 Å². The molecule has 0 heterocycles. The summed E-state index contributed by atoms with van der Waals surface area (Å²) in [5.41, 5.74) is 1.69. The number of rotatable bonds is 6. The van der Waals surface area contributed by atoms with E-state index in [1.807, 2.05) is 12.1 Å². The van der Waals surface area contributed by atoms with Gasteiger partial charge in [0.15, 0.2) is 0 Å². The Morgan fingerprint density at radius 3 is 2.53 bits per heavy atom. The summed E-state index contributed by atoms with van der Waals surface area (Å²) in [6.07, 6.45) is 5.05. The fourth-order valence-electron chi connectivity index (χ4n) is 1.42. The first-order chi connectivity index (χ1) is 9.11. The highest BCUT2D eigenvalue weighted by molar-refractivity contribution is 5.88. The number of carbonyl (C=O) groups excluding carboxylic acids is 2. The molecule has 0 fully saturated rings. The highest BCUT2D eigenvalue weighted by Gasteiger charge is 2.00. The molecule has 5 heteroatoms. The summed E-state index contributed by atoms with van der Waals surface area (Å²) in [5, 5.41) is 8.24. The summed E-state index contributed by atoms with van der Waals surface area (Å²) < 4.78 is 0. The summed E-state index contributed by atoms with van der Waals surface area (Å²) in [6, 6.07) is 7.28. The second-order valence-electron chi connectivity index (χ2n) is 3.96. The van der Waals surface area contributed by atoms with Gasteiger partial charge in [-0.3, -0.25) is 14.9 Å². The first-order valence-electron chi connectivity index (χ1n) is 5.89. The topological polar surface area (TPSA) is 70.2 Å². The molecule has 0 atom stereocenters. The van der Waals surface area contributed by atoms with E-state index in [0.717, 1.165) is 11.3 Å². The van der Waals surface area contributed by atoms with E-state index < -0.39 is 0 Å². The van der Waals surface area contributed by atoms with E-state index >= 15 is 0 Å². The van der Waals surface area contributed by atoms with Gasteiger partial charge < -0.3 is 10.6 Å². The standard InChI is InChI=1S/C14H17N3O2/c1-3-8-15-10-14(19)16-9-12-4-6-13(7-5-12)17-11(2)18/h1,4-7,15H,8-10H2,2H3,(H,16,19)(H,17,18). The third kappa shape index (κ3) is 6.24. The van der Waals surface area contributed by atoms with Crippen LogP contribution in [0.1, 0.15) is 12.5 Å². The Kier molecular flexibility index (Phi) is 6.13. The van der Waals surface area contributed by atoms with Crippen molar-refractivity contribution in [2.75, 3.05) is 18.4 Å². The van der Waals surface area contributed by atoms with Gasteiger partial charge in [-0.1, -0.05) is 18.1 Å². The van der Waals surface area contributed by atoms with E-state index in [-0.39, 0.29) is 18.4 Å². The normalized spacial score (nSPS) is 9.47. The SMILES string of the molecule is C#CCNCC(=O)NCc1ccc(NC(C)=O)cc1. The monoisotopic (exact) mass is 259 g/mol. The van der Waals surface area contributed by atoms with E-state index in [4.69, 9.17) is 6.42 Å². The molecule has 0 saturated heterocycles. The Morgan fingerprint density at radius 1 is 1.26 bits per heavy atom. The van der Waals surface area contributed by atoms with Gasteiger partial charge in [0.1, 0.15) is 0 Å². The van der Waals surface area contributed by atoms with Gasteiger partial charge in [-0.05, 0) is 17.7 Å². The van der Waals surface area contributed by atoms with Crippen LogP contribution in [0.25, 0.3) is 0 Å². The molecule has 0 bridgehead atoms. The molecule has 0 aliphatic heterocycles. The lowest BCUT2D eigenvalue weighted by Crippen LogP contribution is -2.33. The molecule has 100 valence electrons. The van der Waals surface area contributed by atoms with Gasteiger partial charge in [-0.15, -0.1) is 6.42 Å². The highest BCUT2D eigenvalue weighted by Crippen LogP contribution is 2.09. The number of amides is 2. The van der Waals surface area contributed by atoms with Crippen molar-refractivity contribution in [1.29, 1.82) is 0 Å². The van der Waals surface area contributed by atoms with Crippen LogP contribution in [-0.2, 0) is 16.1 Å². The smallest absolute Gasteiger partial charge is 0.234 e. The summed E-state index contributed by atoms with van der Waals surface area (Å²) in [6.45, 7) is 2.47. The van der Waals surface area contributed by atoms with Crippen LogP contribution in [0.2, 0.25) is 0 Å². The van der Waals surface area contributed by atoms with Gasteiger partial charge >= 0.3 is 0 Å². The van der Waals surface area contributed by atoms with Crippen LogP contribution in [0.3, 0.4) is 0 Å². The van der Waals surface area contributed by atoms with Crippen LogP contribution < -0.4 is 16.0 Å². The predicted octanol–water partition coefficient (Wildman–Crippen LogP) is 0.484. The number of anilines is 1. The number of carbonyl (C=O) groups is 2. The maximum atomic E-state index is 11.4. The Labute approximate surface area is 112 Å². The molecular formula is C14H17N3O2. The quantitative estimate of drug-likeness (QED) is 0.514. The molecule has 5 nitrogen and oxygen atoms in total. The Hall–Kier alpha value is -2.32. The molecule has 3 N–H and O–H groups in total. The van der Waals surface area contributed by atoms with Gasteiger partial charge in [0.2, 0.25) is 11.8 Å². The average Bonchev–Trinajstić information content (AvgIpc) is 2.37. The van der Waals surface area contributed by atoms with Crippen molar-refractivity contribution in [2.45, 2.75) is 13.5 Å². The lowest BCUT2D eigenvalue weighted by molar-refractivity contribution is -0.120. The van der Waals surface area contributed by atoms with Gasteiger partial charge in [0.25, 0.3) is 0 Å². The van der Waals surface area contributed by atoms with Crippen LogP contribution in [0.15, 0.2) is 24.3 Å². The zero-order chi connectivity index (χ0) is 14.1. The Bertz CT molecular complexity index is 474. The number of benzene rings is 1. The van der Waals surface area contributed by atoms with Crippen LogP contribution >= 0.6 is 0 Å². The minimum Gasteiger partial charge on any atom is -0.351 e. The molecule has 0 spiro atoms. The summed E-state index contributed by atoms with van der Waals surface area (Å²) in [7, 11) is 0. The largest absolute Gasteiger partial charge is 0.351 e. The van der Waals surface area contributed by atoms with Gasteiger partial charge in [-0.2, -0.15) is 0 Å². The minimum atomic E-state index is -0.111. The fraction of sp³-hybridized carbons (Fsp3) is 0.286. The van der Waals surface area contributed by atoms with E-state index in [1.165, 1.54) is 6.92 Å². The first kappa shape index (κ1) is 14.7. The van der Waals surface area contributed by atoms with Crippen molar-refractivity contribution < 1.29 is 9.59 Å². The molecule has 1 aromatic rings. The second-order valence-corrected chi connectivity index (χ2v) is 3.96. The molecule has 1 aromatic carbocycles. The average molecular weight is 259 g/mol. The molecule has 2 amide bonds. The Balaban J connectivity index is 2.35. The van der Waals surface area contributed by atoms with Gasteiger partial charge in [0.05, 0.1) is 13.1 Å². The van der Waals surface area contributed by atoms with E-state index in [9.17, 15) is 9.59 Å². The highest BCUT2D eigenvalue weighted by atomic mass is 16.2. The van der Waals surface area contributed by atoms with Crippen molar-refractivity contribution in [2.24, 2.45) is 0 Å². The zero-order valence-electron chi connectivity index (χ0n) is 10.8. The maximum absolute atomic E-state index is 11.4. The molecule has 0 aliphatic rings. The zero-order valence-corrected chi connectivity index (χ0v) is 10.8. The predicted molar refractivity (Wildman–Crippen MR) is 74.3 cm³/mol. The van der Waals surface area contributed by atoms with Crippen molar-refractivity contribution in [1.82, 2.24) is 10.6 Å². The number of hydrogen-bond acceptors (Lipinski definition) is 3. The van der Waals surface area contributed by atoms with Crippen molar-refractivity contribution >= 4 is 17.5 Å². The molecule has 19 heavy (non-hydrogen) atoms. The number of hydrogen-bond donors (Lipinski definition) is 3. The molecular weight excluding hydrogens is 242 g/mol. The molecule has 0 radical (unpaired) electrons. The molecule has 0 unspecified atom stereocenters. The molecule has 0 saturated carbocycles. The third-order valence-electron chi connectivity index (χ3n) is 2.28. The van der Waals surface area contributed by atoms with Crippen molar-refractivity contribution in [3.63, 3.8) is 0 Å². The number of nitrogens with one attached hydrogen (secondary N) is 3. The molecule has 1 rings (SSSR count). The first-order valence-corrected chi connectivity index (χ1v) is 5.89. The van der Waals surface area contributed by atoms with Gasteiger partial charge in [0, 0.05) is 19.2 Å². The number of terminal acetylenes is 1. The third-order valence-corrected chi connectivity index (χ3v) is 2.28. The molecule has 0 aromatic heterocycles. The Morgan fingerprint density at radius 2 is 1.95 bits per heavy atom. The van der Waals surface area contributed by atoms with Crippen LogP contribution in [-0.4, -0.2) is 24.9 Å². The van der Waals surface area contributed by atoms with Crippen molar-refractivity contribution in [3.8, 4) is 12.3 Å². The van der Waals surface area contributed by atoms with Gasteiger partial charge in [-0.25, -0.2) is 0 Å². The van der Waals surface area contributed by atoms with E-state index in [0.29, 0.717) is 13.1 Å². The summed E-state index contributed by atoms with van der Waals surface area (Å²) in [5.74, 6) is 2.17. The van der Waals surface area contributed by atoms with Crippen LogP contribution in [0.5, 0.6) is 0 Å². The van der Waals surface area contributed by atoms with E-state index in [1.54, 1.807) is 12.1 Å². The van der Waals surface area contributed by atoms with E-state index in [2.05, 4.69) is 21.9 Å².